The van der Waals surface area contributed by atoms with E-state index in [2.05, 4.69) is 17.6 Å². The third-order valence-corrected chi connectivity index (χ3v) is 3.95. The van der Waals surface area contributed by atoms with Crippen LogP contribution in [-0.2, 0) is 0 Å². The topological polar surface area (TPSA) is 41.1 Å². The van der Waals surface area contributed by atoms with Crippen molar-refractivity contribution in [3.8, 4) is 0 Å². The van der Waals surface area contributed by atoms with E-state index in [9.17, 15) is 4.79 Å². The van der Waals surface area contributed by atoms with E-state index >= 15 is 0 Å². The Morgan fingerprint density at radius 1 is 1.47 bits per heavy atom. The fourth-order valence-electron chi connectivity index (χ4n) is 1.63. The first kappa shape index (κ1) is 12.7. The van der Waals surface area contributed by atoms with Gasteiger partial charge in [-0.15, -0.1) is 0 Å². The summed E-state index contributed by atoms with van der Waals surface area (Å²) in [6, 6.07) is -0.0591. The maximum Gasteiger partial charge on any atom is 0.315 e. The van der Waals surface area contributed by atoms with Gasteiger partial charge in [-0.1, -0.05) is 0 Å². The molecule has 0 aromatic carbocycles. The molecule has 2 amide bonds. The molecular weight excluding hydrogens is 208 g/mol. The quantitative estimate of drug-likeness (QED) is 0.764. The molecular formula is C11H22N2OS. The van der Waals surface area contributed by atoms with Crippen molar-refractivity contribution in [1.82, 2.24) is 10.6 Å². The van der Waals surface area contributed by atoms with E-state index < -0.39 is 0 Å². The Morgan fingerprint density at radius 3 is 2.60 bits per heavy atom. The molecule has 0 bridgehead atoms. The van der Waals surface area contributed by atoms with Gasteiger partial charge in [0.15, 0.2) is 0 Å². The van der Waals surface area contributed by atoms with Crippen LogP contribution < -0.4 is 10.6 Å². The fraction of sp³-hybridized carbons (Fsp3) is 0.909. The van der Waals surface area contributed by atoms with E-state index in [1.807, 2.05) is 32.5 Å². The zero-order valence-electron chi connectivity index (χ0n) is 10.1. The summed E-state index contributed by atoms with van der Waals surface area (Å²) in [5.74, 6) is 1.22. The number of hydrogen-bond acceptors (Lipinski definition) is 2. The summed E-state index contributed by atoms with van der Waals surface area (Å²) in [5, 5.41) is 5.85. The number of hydrogen-bond donors (Lipinski definition) is 2. The number of urea groups is 1. The number of rotatable bonds is 2. The molecule has 1 fully saturated rings. The van der Waals surface area contributed by atoms with Gasteiger partial charge in [0.2, 0.25) is 0 Å². The Kier molecular flexibility index (Phi) is 3.93. The van der Waals surface area contributed by atoms with Gasteiger partial charge in [0.05, 0.1) is 0 Å². The molecule has 0 aromatic rings. The minimum atomic E-state index is -0.159. The summed E-state index contributed by atoms with van der Waals surface area (Å²) in [5.41, 5.74) is -0.159. The Bertz CT molecular complexity index is 229. The number of carbonyl (C=O) groups is 1. The van der Waals surface area contributed by atoms with Gasteiger partial charge >= 0.3 is 6.03 Å². The van der Waals surface area contributed by atoms with Crippen molar-refractivity contribution in [2.45, 2.75) is 50.8 Å². The van der Waals surface area contributed by atoms with Gasteiger partial charge in [-0.3, -0.25) is 0 Å². The Balaban J connectivity index is 2.28. The summed E-state index contributed by atoms with van der Waals surface area (Å²) >= 11 is 1.96. The van der Waals surface area contributed by atoms with Crippen LogP contribution in [0.25, 0.3) is 0 Å². The van der Waals surface area contributed by atoms with Gasteiger partial charge in [-0.05, 0) is 46.3 Å². The van der Waals surface area contributed by atoms with E-state index in [1.54, 1.807) is 0 Å². The molecule has 0 radical (unpaired) electrons. The second-order valence-electron chi connectivity index (χ2n) is 5.46. The van der Waals surface area contributed by atoms with Crippen molar-refractivity contribution in [2.24, 2.45) is 0 Å². The van der Waals surface area contributed by atoms with Crippen LogP contribution in [0.3, 0.4) is 0 Å². The van der Waals surface area contributed by atoms with E-state index in [0.717, 1.165) is 6.54 Å². The average molecular weight is 230 g/mol. The highest BCUT2D eigenvalue weighted by molar-refractivity contribution is 8.00. The van der Waals surface area contributed by atoms with E-state index in [1.165, 1.54) is 18.6 Å². The Hall–Kier alpha value is -0.380. The van der Waals surface area contributed by atoms with Crippen molar-refractivity contribution in [2.75, 3.05) is 12.3 Å². The highest BCUT2D eigenvalue weighted by Crippen LogP contribution is 2.36. The van der Waals surface area contributed by atoms with Crippen molar-refractivity contribution < 1.29 is 4.79 Å². The van der Waals surface area contributed by atoms with Crippen molar-refractivity contribution in [1.29, 1.82) is 0 Å². The maximum absolute atomic E-state index is 11.5. The molecule has 3 nitrogen and oxygen atoms in total. The number of thioether (sulfide) groups is 1. The van der Waals surface area contributed by atoms with Gasteiger partial charge in [-0.2, -0.15) is 11.8 Å². The third kappa shape index (κ3) is 4.78. The van der Waals surface area contributed by atoms with E-state index in [0.29, 0.717) is 0 Å². The largest absolute Gasteiger partial charge is 0.337 e. The first-order chi connectivity index (χ1) is 6.81. The minimum absolute atomic E-state index is 0.0591. The molecule has 1 rings (SSSR count). The monoisotopic (exact) mass is 230 g/mol. The van der Waals surface area contributed by atoms with Crippen LogP contribution >= 0.6 is 11.8 Å². The molecule has 1 aliphatic heterocycles. The summed E-state index contributed by atoms with van der Waals surface area (Å²) < 4.78 is 0.245. The molecule has 2 N–H and O–H groups in total. The first-order valence-corrected chi connectivity index (χ1v) is 6.49. The third-order valence-electron chi connectivity index (χ3n) is 2.41. The van der Waals surface area contributed by atoms with Gasteiger partial charge in [0.25, 0.3) is 0 Å². The molecule has 4 heteroatoms. The van der Waals surface area contributed by atoms with Crippen LogP contribution in [0.5, 0.6) is 0 Å². The lowest BCUT2D eigenvalue weighted by Gasteiger charge is -2.25. The molecule has 1 saturated heterocycles. The second kappa shape index (κ2) is 4.64. The fourth-order valence-corrected chi connectivity index (χ4v) is 2.87. The lowest BCUT2D eigenvalue weighted by molar-refractivity contribution is 0.231. The van der Waals surface area contributed by atoms with Crippen molar-refractivity contribution in [3.05, 3.63) is 0 Å². The standard InChI is InChI=1S/C11H22N2OS/c1-10(2,3)13-9(14)12-8-11(4)6-5-7-15-11/h5-8H2,1-4H3,(H2,12,13,14). The summed E-state index contributed by atoms with van der Waals surface area (Å²) in [6.45, 7) is 8.94. The molecule has 1 heterocycles. The summed E-state index contributed by atoms with van der Waals surface area (Å²) in [4.78, 5) is 11.5. The molecule has 1 unspecified atom stereocenters. The van der Waals surface area contributed by atoms with E-state index in [4.69, 9.17) is 0 Å². The Labute approximate surface area is 96.8 Å². The van der Waals surface area contributed by atoms with Crippen LogP contribution in [0.15, 0.2) is 0 Å². The van der Waals surface area contributed by atoms with Crippen molar-refractivity contribution in [3.63, 3.8) is 0 Å². The van der Waals surface area contributed by atoms with Crippen LogP contribution in [0, 0.1) is 0 Å². The maximum atomic E-state index is 11.5. The zero-order chi connectivity index (χ0) is 11.5. The van der Waals surface area contributed by atoms with Gasteiger partial charge in [-0.25, -0.2) is 4.79 Å². The van der Waals surface area contributed by atoms with Gasteiger partial charge in [0, 0.05) is 16.8 Å². The smallest absolute Gasteiger partial charge is 0.315 e. The van der Waals surface area contributed by atoms with Gasteiger partial charge < -0.3 is 10.6 Å². The predicted molar refractivity (Wildman–Crippen MR) is 66.4 cm³/mol. The van der Waals surface area contributed by atoms with Crippen LogP contribution in [0.1, 0.15) is 40.5 Å². The average Bonchev–Trinajstić information content (AvgIpc) is 2.47. The first-order valence-electron chi connectivity index (χ1n) is 5.51. The highest BCUT2D eigenvalue weighted by atomic mass is 32.2. The van der Waals surface area contributed by atoms with Crippen LogP contribution in [0.2, 0.25) is 0 Å². The molecule has 1 atom stereocenters. The zero-order valence-corrected chi connectivity index (χ0v) is 11.0. The predicted octanol–water partition coefficient (Wildman–Crippen LogP) is 2.37. The molecule has 0 aromatic heterocycles. The molecule has 0 saturated carbocycles. The number of nitrogens with one attached hydrogen (secondary N) is 2. The number of carbonyl (C=O) groups excluding carboxylic acids is 1. The van der Waals surface area contributed by atoms with Gasteiger partial charge in [0.1, 0.15) is 0 Å². The van der Waals surface area contributed by atoms with Crippen molar-refractivity contribution >= 4 is 17.8 Å². The highest BCUT2D eigenvalue weighted by Gasteiger charge is 2.29. The van der Waals surface area contributed by atoms with Crippen LogP contribution in [0.4, 0.5) is 4.79 Å². The molecule has 15 heavy (non-hydrogen) atoms. The number of amides is 2. The molecule has 88 valence electrons. The molecule has 0 aliphatic carbocycles. The second-order valence-corrected chi connectivity index (χ2v) is 7.14. The molecule has 1 aliphatic rings. The lowest BCUT2D eigenvalue weighted by Crippen LogP contribution is -2.49. The molecule has 0 spiro atoms. The summed E-state index contributed by atoms with van der Waals surface area (Å²) in [7, 11) is 0. The summed E-state index contributed by atoms with van der Waals surface area (Å²) in [6.07, 6.45) is 2.47. The van der Waals surface area contributed by atoms with E-state index in [-0.39, 0.29) is 16.3 Å². The Morgan fingerprint density at radius 2 is 2.13 bits per heavy atom. The lowest BCUT2D eigenvalue weighted by atomic mass is 10.1. The normalized spacial score (nSPS) is 26.4. The van der Waals surface area contributed by atoms with Crippen LogP contribution in [-0.4, -0.2) is 28.6 Å². The SMILES string of the molecule is CC(C)(C)NC(=O)NCC1(C)CCCS1. The minimum Gasteiger partial charge on any atom is -0.337 e.